The minimum absolute atomic E-state index is 0.0129. The first-order valence-corrected chi connectivity index (χ1v) is 7.09. The molecular formula is C15H14N6O2. The van der Waals surface area contributed by atoms with E-state index in [2.05, 4.69) is 15.4 Å². The summed E-state index contributed by atoms with van der Waals surface area (Å²) in [6.45, 7) is 1.77. The Balaban J connectivity index is 1.91. The van der Waals surface area contributed by atoms with Gasteiger partial charge in [-0.15, -0.1) is 5.10 Å². The van der Waals surface area contributed by atoms with Gasteiger partial charge in [-0.25, -0.2) is 9.67 Å². The molecule has 0 aliphatic carbocycles. The van der Waals surface area contributed by atoms with Crippen molar-refractivity contribution in [2.24, 2.45) is 0 Å². The van der Waals surface area contributed by atoms with E-state index in [-0.39, 0.29) is 36.6 Å². The maximum Gasteiger partial charge on any atom is 0.252 e. The van der Waals surface area contributed by atoms with Crippen molar-refractivity contribution in [1.82, 2.24) is 14.8 Å². The Labute approximate surface area is 132 Å². The fourth-order valence-corrected chi connectivity index (χ4v) is 2.60. The van der Waals surface area contributed by atoms with Crippen molar-refractivity contribution < 1.29 is 9.59 Å². The van der Waals surface area contributed by atoms with Gasteiger partial charge < -0.3 is 10.2 Å². The second-order valence-corrected chi connectivity index (χ2v) is 5.26. The van der Waals surface area contributed by atoms with Gasteiger partial charge in [0.15, 0.2) is 0 Å². The van der Waals surface area contributed by atoms with Crippen molar-refractivity contribution in [1.29, 1.82) is 5.26 Å². The van der Waals surface area contributed by atoms with Crippen LogP contribution in [0, 0.1) is 11.3 Å². The van der Waals surface area contributed by atoms with E-state index >= 15 is 0 Å². The van der Waals surface area contributed by atoms with Gasteiger partial charge in [0.1, 0.15) is 18.9 Å². The maximum atomic E-state index is 12.7. The summed E-state index contributed by atoms with van der Waals surface area (Å²) in [4.78, 5) is 30.0. The first-order chi connectivity index (χ1) is 11.1. The SMILES string of the molecule is C[C@@H]1CC(=O)Nc2ccccc2N1C(=O)Cn1cnc(C#N)n1. The Morgan fingerprint density at radius 1 is 1.48 bits per heavy atom. The van der Waals surface area contributed by atoms with Crippen LogP contribution in [0.4, 0.5) is 11.4 Å². The highest BCUT2D eigenvalue weighted by Crippen LogP contribution is 2.31. The minimum Gasteiger partial charge on any atom is -0.324 e. The predicted molar refractivity (Wildman–Crippen MR) is 81.4 cm³/mol. The molecule has 3 rings (SSSR count). The summed E-state index contributed by atoms with van der Waals surface area (Å²) in [6, 6.07) is 8.69. The van der Waals surface area contributed by atoms with E-state index in [4.69, 9.17) is 5.26 Å². The average Bonchev–Trinajstić information content (AvgIpc) is 2.91. The molecule has 23 heavy (non-hydrogen) atoms. The molecule has 0 bridgehead atoms. The zero-order valence-corrected chi connectivity index (χ0v) is 12.4. The Bertz CT molecular complexity index is 806. The van der Waals surface area contributed by atoms with Crippen LogP contribution < -0.4 is 10.2 Å². The molecule has 1 N–H and O–H groups in total. The summed E-state index contributed by atoms with van der Waals surface area (Å²) < 4.78 is 1.32. The average molecular weight is 310 g/mol. The van der Waals surface area contributed by atoms with Crippen molar-refractivity contribution >= 4 is 23.2 Å². The van der Waals surface area contributed by atoms with Crippen molar-refractivity contribution in [3.63, 3.8) is 0 Å². The van der Waals surface area contributed by atoms with Gasteiger partial charge in [-0.2, -0.15) is 5.26 Å². The van der Waals surface area contributed by atoms with E-state index in [1.807, 2.05) is 19.1 Å². The van der Waals surface area contributed by atoms with Crippen LogP contribution in [0.3, 0.4) is 0 Å². The Morgan fingerprint density at radius 2 is 2.26 bits per heavy atom. The van der Waals surface area contributed by atoms with Gasteiger partial charge >= 0.3 is 0 Å². The number of hydrogen-bond donors (Lipinski definition) is 1. The van der Waals surface area contributed by atoms with Gasteiger partial charge in [0, 0.05) is 12.5 Å². The summed E-state index contributed by atoms with van der Waals surface area (Å²) in [6.07, 6.45) is 1.55. The number of aromatic nitrogens is 3. The lowest BCUT2D eigenvalue weighted by molar-refractivity contribution is -0.120. The highest BCUT2D eigenvalue weighted by atomic mass is 16.2. The quantitative estimate of drug-likeness (QED) is 0.888. The molecule has 0 radical (unpaired) electrons. The lowest BCUT2D eigenvalue weighted by Crippen LogP contribution is -2.41. The standard InChI is InChI=1S/C15H14N6O2/c1-10-6-14(22)18-11-4-2-3-5-12(11)21(10)15(23)8-20-9-17-13(7-16)19-20/h2-5,9-10H,6,8H2,1H3,(H,18,22)/t10-/m1/s1. The third kappa shape index (κ3) is 2.89. The second kappa shape index (κ2) is 5.88. The molecule has 1 atom stereocenters. The fourth-order valence-electron chi connectivity index (χ4n) is 2.60. The number of nitrogens with zero attached hydrogens (tertiary/aromatic N) is 5. The molecule has 0 saturated heterocycles. The molecule has 0 spiro atoms. The Morgan fingerprint density at radius 3 is 3.00 bits per heavy atom. The molecule has 8 nitrogen and oxygen atoms in total. The highest BCUT2D eigenvalue weighted by Gasteiger charge is 2.29. The number of amides is 2. The van der Waals surface area contributed by atoms with Crippen molar-refractivity contribution in [2.75, 3.05) is 10.2 Å². The number of fused-ring (bicyclic) bond motifs is 1. The smallest absolute Gasteiger partial charge is 0.252 e. The topological polar surface area (TPSA) is 104 Å². The predicted octanol–water partition coefficient (Wildman–Crippen LogP) is 0.914. The lowest BCUT2D eigenvalue weighted by atomic mass is 10.1. The molecule has 0 saturated carbocycles. The number of hydrogen-bond acceptors (Lipinski definition) is 5. The molecule has 8 heteroatoms. The van der Waals surface area contributed by atoms with Crippen LogP contribution in [0.25, 0.3) is 0 Å². The van der Waals surface area contributed by atoms with Gasteiger partial charge in [0.2, 0.25) is 11.8 Å². The molecule has 0 fully saturated rings. The van der Waals surface area contributed by atoms with Crippen LogP contribution in [0.2, 0.25) is 0 Å². The zero-order chi connectivity index (χ0) is 16.4. The molecule has 2 aromatic rings. The van der Waals surface area contributed by atoms with Crippen LogP contribution in [-0.4, -0.2) is 32.6 Å². The molecule has 1 aliphatic heterocycles. The molecule has 1 aromatic heterocycles. The number of carbonyl (C=O) groups excluding carboxylic acids is 2. The van der Waals surface area contributed by atoms with E-state index in [9.17, 15) is 9.59 Å². The summed E-state index contributed by atoms with van der Waals surface area (Å²) >= 11 is 0. The van der Waals surface area contributed by atoms with E-state index in [1.54, 1.807) is 23.1 Å². The van der Waals surface area contributed by atoms with Crippen LogP contribution in [0.15, 0.2) is 30.6 Å². The van der Waals surface area contributed by atoms with Crippen molar-refractivity contribution in [3.8, 4) is 6.07 Å². The monoisotopic (exact) mass is 310 g/mol. The number of nitrogens with one attached hydrogen (secondary N) is 1. The number of carbonyl (C=O) groups is 2. The summed E-state index contributed by atoms with van der Waals surface area (Å²) in [5.41, 5.74) is 1.25. The number of rotatable bonds is 2. The van der Waals surface area contributed by atoms with Crippen LogP contribution in [0.1, 0.15) is 19.2 Å². The van der Waals surface area contributed by atoms with Gasteiger partial charge in [-0.3, -0.25) is 9.59 Å². The summed E-state index contributed by atoms with van der Waals surface area (Å²) in [7, 11) is 0. The van der Waals surface area contributed by atoms with Crippen molar-refractivity contribution in [2.45, 2.75) is 25.9 Å². The highest BCUT2D eigenvalue weighted by molar-refractivity contribution is 6.04. The van der Waals surface area contributed by atoms with E-state index in [0.717, 1.165) is 0 Å². The number of para-hydroxylation sites is 2. The molecular weight excluding hydrogens is 296 g/mol. The fraction of sp³-hybridized carbons (Fsp3) is 0.267. The zero-order valence-electron chi connectivity index (χ0n) is 12.4. The normalized spacial score (nSPS) is 17.0. The summed E-state index contributed by atoms with van der Waals surface area (Å²) in [5, 5.41) is 15.4. The number of benzene rings is 1. The third-order valence-corrected chi connectivity index (χ3v) is 3.56. The molecule has 0 unspecified atom stereocenters. The van der Waals surface area contributed by atoms with Crippen LogP contribution in [0.5, 0.6) is 0 Å². The van der Waals surface area contributed by atoms with Gasteiger partial charge in [-0.1, -0.05) is 12.1 Å². The van der Waals surface area contributed by atoms with Crippen molar-refractivity contribution in [3.05, 3.63) is 36.4 Å². The Hall–Kier alpha value is -3.21. The number of anilines is 2. The van der Waals surface area contributed by atoms with E-state index < -0.39 is 0 Å². The maximum absolute atomic E-state index is 12.7. The largest absolute Gasteiger partial charge is 0.324 e. The second-order valence-electron chi connectivity index (χ2n) is 5.26. The molecule has 1 aromatic carbocycles. The molecule has 2 heterocycles. The Kier molecular flexibility index (Phi) is 3.76. The molecule has 2 amide bonds. The minimum atomic E-state index is -0.287. The van der Waals surface area contributed by atoms with Crippen LogP contribution in [-0.2, 0) is 16.1 Å². The molecule has 1 aliphatic rings. The first kappa shape index (κ1) is 14.7. The van der Waals surface area contributed by atoms with Gasteiger partial charge in [0.05, 0.1) is 11.4 Å². The lowest BCUT2D eigenvalue weighted by Gasteiger charge is -2.27. The number of nitriles is 1. The molecule has 116 valence electrons. The van der Waals surface area contributed by atoms with Gasteiger partial charge in [-0.05, 0) is 19.1 Å². The first-order valence-electron chi connectivity index (χ1n) is 7.09. The summed E-state index contributed by atoms with van der Waals surface area (Å²) in [5.74, 6) is -0.345. The van der Waals surface area contributed by atoms with Crippen LogP contribution >= 0.6 is 0 Å². The van der Waals surface area contributed by atoms with E-state index in [1.165, 1.54) is 11.0 Å². The third-order valence-electron chi connectivity index (χ3n) is 3.56. The van der Waals surface area contributed by atoms with E-state index in [0.29, 0.717) is 11.4 Å². The van der Waals surface area contributed by atoms with Gasteiger partial charge in [0.25, 0.3) is 5.82 Å².